The van der Waals surface area contributed by atoms with Crippen molar-refractivity contribution in [2.24, 2.45) is 0 Å². The molecule has 0 atom stereocenters. The van der Waals surface area contributed by atoms with Crippen molar-refractivity contribution in [3.8, 4) is 0 Å². The molecule has 0 aromatic rings. The van der Waals surface area contributed by atoms with Gasteiger partial charge in [0.05, 0.1) is 0 Å². The van der Waals surface area contributed by atoms with Gasteiger partial charge in [-0.05, 0) is 0 Å². The Labute approximate surface area is 75.0 Å². The predicted octanol–water partition coefficient (Wildman–Crippen LogP) is 2.30. The van der Waals surface area contributed by atoms with Crippen molar-refractivity contribution in [2.75, 3.05) is 0 Å². The van der Waals surface area contributed by atoms with Gasteiger partial charge < -0.3 is 0 Å². The molecule has 0 fully saturated rings. The fraction of sp³-hybridized carbons (Fsp3) is 0.500. The standard InChI is InChI=1S/C8H14Se2/c1-3-5-7-9-10-8-6-4-2/h3-6H,7-8H2,1-2H3/b5-3-,6-4+. The number of allylic oxidation sites excluding steroid dienone is 4. The Kier molecular flexibility index (Phi) is 10.0. The third kappa shape index (κ3) is 8.52. The molecule has 0 heterocycles. The van der Waals surface area contributed by atoms with Crippen LogP contribution in [0.25, 0.3) is 0 Å². The normalized spacial score (nSPS) is 11.8. The van der Waals surface area contributed by atoms with Gasteiger partial charge in [0.25, 0.3) is 0 Å². The van der Waals surface area contributed by atoms with E-state index in [4.69, 9.17) is 0 Å². The summed E-state index contributed by atoms with van der Waals surface area (Å²) in [4.78, 5) is 0. The van der Waals surface area contributed by atoms with Crippen molar-refractivity contribution in [2.45, 2.75) is 24.5 Å². The summed E-state index contributed by atoms with van der Waals surface area (Å²) in [5.41, 5.74) is 0. The molecule has 2 heteroatoms. The summed E-state index contributed by atoms with van der Waals surface area (Å²) in [6.45, 7) is 4.18. The van der Waals surface area contributed by atoms with Crippen LogP contribution in [0.1, 0.15) is 13.8 Å². The third-order valence-corrected chi connectivity index (χ3v) is 7.40. The fourth-order valence-corrected chi connectivity index (χ4v) is 5.72. The molecule has 0 N–H and O–H groups in total. The molecule has 0 spiro atoms. The van der Waals surface area contributed by atoms with Crippen molar-refractivity contribution < 1.29 is 0 Å². The average Bonchev–Trinajstić information content (AvgIpc) is 1.97. The van der Waals surface area contributed by atoms with E-state index in [1.54, 1.807) is 0 Å². The van der Waals surface area contributed by atoms with E-state index in [0.717, 1.165) is 26.3 Å². The van der Waals surface area contributed by atoms with Crippen molar-refractivity contribution in [3.63, 3.8) is 0 Å². The van der Waals surface area contributed by atoms with Crippen LogP contribution in [-0.2, 0) is 0 Å². The van der Waals surface area contributed by atoms with Gasteiger partial charge >= 0.3 is 75.1 Å². The van der Waals surface area contributed by atoms with Crippen molar-refractivity contribution in [1.29, 1.82) is 0 Å². The van der Waals surface area contributed by atoms with Crippen LogP contribution in [0.3, 0.4) is 0 Å². The minimum atomic E-state index is 0.902. The molecule has 0 saturated carbocycles. The predicted molar refractivity (Wildman–Crippen MR) is 50.8 cm³/mol. The van der Waals surface area contributed by atoms with Gasteiger partial charge in [0.15, 0.2) is 0 Å². The first-order valence-corrected chi connectivity index (χ1v) is 10.1. The van der Waals surface area contributed by atoms with Crippen LogP contribution in [0.5, 0.6) is 0 Å². The summed E-state index contributed by atoms with van der Waals surface area (Å²) >= 11 is 1.80. The number of hydrogen-bond acceptors (Lipinski definition) is 0. The topological polar surface area (TPSA) is 0 Å². The van der Waals surface area contributed by atoms with Gasteiger partial charge in [0.2, 0.25) is 0 Å². The SMILES string of the molecule is C/C=C\C[Se][Se]C/C=C/C. The molecular weight excluding hydrogens is 254 g/mol. The Morgan fingerprint density at radius 2 is 1.30 bits per heavy atom. The molecule has 0 unspecified atom stereocenters. The summed E-state index contributed by atoms with van der Waals surface area (Å²) < 4.78 is 0. The van der Waals surface area contributed by atoms with Gasteiger partial charge in [-0.3, -0.25) is 0 Å². The van der Waals surface area contributed by atoms with Gasteiger partial charge in [-0.25, -0.2) is 0 Å². The molecule has 0 aromatic heterocycles. The molecule has 0 saturated heterocycles. The molecule has 0 amide bonds. The summed E-state index contributed by atoms with van der Waals surface area (Å²) in [6.07, 6.45) is 8.84. The maximum atomic E-state index is 2.28. The molecule has 0 aliphatic heterocycles. The van der Waals surface area contributed by atoms with Crippen LogP contribution in [0.4, 0.5) is 0 Å². The molecule has 0 bridgehead atoms. The Hall–Kier alpha value is 0.519. The van der Waals surface area contributed by atoms with Gasteiger partial charge in [-0.15, -0.1) is 0 Å². The molecule has 58 valence electrons. The van der Waals surface area contributed by atoms with E-state index >= 15 is 0 Å². The molecule has 0 radical (unpaired) electrons. The first-order chi connectivity index (χ1) is 4.91. The van der Waals surface area contributed by atoms with E-state index in [0.29, 0.717) is 0 Å². The second-order valence-corrected chi connectivity index (χ2v) is 9.23. The monoisotopic (exact) mass is 270 g/mol. The Morgan fingerprint density at radius 3 is 1.60 bits per heavy atom. The average molecular weight is 268 g/mol. The summed E-state index contributed by atoms with van der Waals surface area (Å²) in [5, 5.41) is 2.67. The van der Waals surface area contributed by atoms with Crippen LogP contribution in [0.15, 0.2) is 24.3 Å². The fourth-order valence-electron chi connectivity index (χ4n) is 0.367. The minimum absolute atomic E-state index is 0.902. The third-order valence-electron chi connectivity index (χ3n) is 0.883. The summed E-state index contributed by atoms with van der Waals surface area (Å²) in [5.74, 6) is 0. The Bertz CT molecular complexity index is 91.8. The number of rotatable bonds is 5. The van der Waals surface area contributed by atoms with Crippen molar-refractivity contribution in [3.05, 3.63) is 24.3 Å². The van der Waals surface area contributed by atoms with E-state index in [1.807, 2.05) is 0 Å². The first kappa shape index (κ1) is 10.5. The van der Waals surface area contributed by atoms with Gasteiger partial charge in [0.1, 0.15) is 0 Å². The first-order valence-electron chi connectivity index (χ1n) is 3.38. The Balaban J connectivity index is 2.90. The zero-order valence-corrected chi connectivity index (χ0v) is 9.97. The van der Waals surface area contributed by atoms with Crippen LogP contribution in [0, 0.1) is 0 Å². The summed E-state index contributed by atoms with van der Waals surface area (Å²) in [6, 6.07) is 0. The van der Waals surface area contributed by atoms with Crippen LogP contribution >= 0.6 is 0 Å². The van der Waals surface area contributed by atoms with Gasteiger partial charge in [-0.2, -0.15) is 0 Å². The maximum absolute atomic E-state index is 2.28. The zero-order valence-electron chi connectivity index (χ0n) is 6.54. The molecule has 0 aromatic carbocycles. The molecule has 0 nitrogen and oxygen atoms in total. The molecule has 0 aliphatic rings. The molecule has 0 aliphatic carbocycles. The van der Waals surface area contributed by atoms with Crippen molar-refractivity contribution in [1.82, 2.24) is 0 Å². The Morgan fingerprint density at radius 1 is 0.900 bits per heavy atom. The van der Waals surface area contributed by atoms with E-state index < -0.39 is 0 Å². The van der Waals surface area contributed by atoms with Crippen LogP contribution in [-0.4, -0.2) is 26.3 Å². The van der Waals surface area contributed by atoms with E-state index in [1.165, 1.54) is 10.6 Å². The van der Waals surface area contributed by atoms with Crippen LogP contribution in [0.2, 0.25) is 10.6 Å². The van der Waals surface area contributed by atoms with Gasteiger partial charge in [-0.1, -0.05) is 0 Å². The number of hydrogen-bond donors (Lipinski definition) is 0. The van der Waals surface area contributed by atoms with Crippen LogP contribution < -0.4 is 0 Å². The van der Waals surface area contributed by atoms with E-state index in [9.17, 15) is 0 Å². The second-order valence-electron chi connectivity index (χ2n) is 1.71. The molecule has 0 rings (SSSR count). The van der Waals surface area contributed by atoms with E-state index in [-0.39, 0.29) is 0 Å². The molecular formula is C8H14Se2. The zero-order chi connectivity index (χ0) is 7.66. The second kappa shape index (κ2) is 9.52. The quantitative estimate of drug-likeness (QED) is 0.408. The molecule has 10 heavy (non-hydrogen) atoms. The van der Waals surface area contributed by atoms with Crippen molar-refractivity contribution >= 4 is 26.3 Å². The van der Waals surface area contributed by atoms with Gasteiger partial charge in [0, 0.05) is 0 Å². The summed E-state index contributed by atoms with van der Waals surface area (Å²) in [7, 11) is 0. The van der Waals surface area contributed by atoms with E-state index in [2.05, 4.69) is 38.2 Å².